The van der Waals surface area contributed by atoms with Crippen LogP contribution in [0.3, 0.4) is 0 Å². The van der Waals surface area contributed by atoms with Crippen molar-refractivity contribution in [1.82, 2.24) is 0 Å². The number of phenols is 1. The summed E-state index contributed by atoms with van der Waals surface area (Å²) in [6.07, 6.45) is 0. The SMILES string of the molecule is C[Si](C)(C)C#Cc1ccc(C#C[Si](C)(C)C)c(O)c1. The molecule has 1 N–H and O–H groups in total. The molecule has 0 atom stereocenters. The lowest BCUT2D eigenvalue weighted by atomic mass is 10.1. The van der Waals surface area contributed by atoms with E-state index in [2.05, 4.69) is 62.2 Å². The minimum atomic E-state index is -1.41. The molecule has 100 valence electrons. The van der Waals surface area contributed by atoms with E-state index < -0.39 is 16.1 Å². The second kappa shape index (κ2) is 5.69. The molecule has 0 aliphatic carbocycles. The fourth-order valence-electron chi connectivity index (χ4n) is 1.23. The molecule has 0 radical (unpaired) electrons. The Morgan fingerprint density at radius 2 is 1.37 bits per heavy atom. The summed E-state index contributed by atoms with van der Waals surface area (Å²) in [6, 6.07) is 5.50. The second-order valence-corrected chi connectivity index (χ2v) is 16.2. The Bertz CT molecular complexity index is 582. The molecule has 0 bridgehead atoms. The van der Waals surface area contributed by atoms with Gasteiger partial charge in [-0.3, -0.25) is 0 Å². The van der Waals surface area contributed by atoms with Gasteiger partial charge in [-0.1, -0.05) is 51.1 Å². The average molecular weight is 287 g/mol. The van der Waals surface area contributed by atoms with Crippen LogP contribution in [0.1, 0.15) is 11.1 Å². The number of hydrogen-bond donors (Lipinski definition) is 1. The second-order valence-electron chi connectivity index (χ2n) is 6.73. The van der Waals surface area contributed by atoms with E-state index in [1.807, 2.05) is 12.1 Å². The normalized spacial score (nSPS) is 11.1. The molecule has 3 heteroatoms. The van der Waals surface area contributed by atoms with Crippen LogP contribution in [0.25, 0.3) is 0 Å². The molecule has 19 heavy (non-hydrogen) atoms. The lowest BCUT2D eigenvalue weighted by Gasteiger charge is -2.05. The Morgan fingerprint density at radius 1 is 0.842 bits per heavy atom. The van der Waals surface area contributed by atoms with Gasteiger partial charge in [0.15, 0.2) is 0 Å². The van der Waals surface area contributed by atoms with Crippen molar-refractivity contribution in [3.63, 3.8) is 0 Å². The Kier molecular flexibility index (Phi) is 4.68. The van der Waals surface area contributed by atoms with E-state index in [-0.39, 0.29) is 5.75 Å². The summed E-state index contributed by atoms with van der Waals surface area (Å²) >= 11 is 0. The predicted molar refractivity (Wildman–Crippen MR) is 88.6 cm³/mol. The maximum absolute atomic E-state index is 9.97. The molecule has 0 heterocycles. The molecule has 0 aromatic heterocycles. The quantitative estimate of drug-likeness (QED) is 0.567. The van der Waals surface area contributed by atoms with Crippen LogP contribution in [-0.4, -0.2) is 21.3 Å². The highest BCUT2D eigenvalue weighted by Crippen LogP contribution is 2.17. The van der Waals surface area contributed by atoms with Crippen LogP contribution in [0.4, 0.5) is 0 Å². The number of phenolic OH excluding ortho intramolecular Hbond substituents is 1. The first-order chi connectivity index (χ1) is 8.57. The Labute approximate surface area is 119 Å². The van der Waals surface area contributed by atoms with E-state index in [1.54, 1.807) is 6.07 Å². The molecule has 0 spiro atoms. The summed E-state index contributed by atoms with van der Waals surface area (Å²) in [4.78, 5) is 0. The first-order valence-electron chi connectivity index (χ1n) is 6.46. The van der Waals surface area contributed by atoms with E-state index in [9.17, 15) is 5.11 Å². The van der Waals surface area contributed by atoms with Gasteiger partial charge < -0.3 is 5.11 Å². The fraction of sp³-hybridized carbons (Fsp3) is 0.375. The van der Waals surface area contributed by atoms with Crippen LogP contribution in [-0.2, 0) is 0 Å². The largest absolute Gasteiger partial charge is 0.507 e. The lowest BCUT2D eigenvalue weighted by Crippen LogP contribution is -2.16. The summed E-state index contributed by atoms with van der Waals surface area (Å²) in [5.74, 6) is 6.44. The van der Waals surface area contributed by atoms with Crippen molar-refractivity contribution in [3.8, 4) is 28.7 Å². The van der Waals surface area contributed by atoms with Gasteiger partial charge in [0.05, 0.1) is 5.56 Å². The van der Waals surface area contributed by atoms with Crippen molar-refractivity contribution in [2.45, 2.75) is 39.3 Å². The zero-order chi connectivity index (χ0) is 14.7. The maximum Gasteiger partial charge on any atom is 0.132 e. The first kappa shape index (κ1) is 15.6. The molecule has 0 amide bonds. The molecule has 0 fully saturated rings. The molecule has 0 saturated heterocycles. The number of hydrogen-bond acceptors (Lipinski definition) is 1. The highest BCUT2D eigenvalue weighted by molar-refractivity contribution is 6.84. The monoisotopic (exact) mass is 286 g/mol. The number of benzene rings is 1. The summed E-state index contributed by atoms with van der Waals surface area (Å²) < 4.78 is 0. The zero-order valence-corrected chi connectivity index (χ0v) is 14.7. The summed E-state index contributed by atoms with van der Waals surface area (Å²) in [5, 5.41) is 9.97. The molecule has 0 aliphatic heterocycles. The first-order valence-corrected chi connectivity index (χ1v) is 13.5. The van der Waals surface area contributed by atoms with Gasteiger partial charge in [-0.25, -0.2) is 0 Å². The van der Waals surface area contributed by atoms with Gasteiger partial charge in [-0.05, 0) is 18.2 Å². The topological polar surface area (TPSA) is 20.2 Å². The van der Waals surface area contributed by atoms with Crippen LogP contribution in [0, 0.1) is 22.9 Å². The van der Waals surface area contributed by atoms with Crippen LogP contribution in [0.2, 0.25) is 39.3 Å². The van der Waals surface area contributed by atoms with Crippen molar-refractivity contribution in [1.29, 1.82) is 0 Å². The third-order valence-corrected chi connectivity index (χ3v) is 3.90. The molecular formula is C16H22OSi2. The molecule has 0 saturated carbocycles. The highest BCUT2D eigenvalue weighted by Gasteiger charge is 2.09. The van der Waals surface area contributed by atoms with E-state index in [1.165, 1.54) is 0 Å². The van der Waals surface area contributed by atoms with E-state index >= 15 is 0 Å². The highest BCUT2D eigenvalue weighted by atomic mass is 28.3. The number of rotatable bonds is 0. The lowest BCUT2D eigenvalue weighted by molar-refractivity contribution is 0.473. The summed E-state index contributed by atoms with van der Waals surface area (Å²) in [7, 11) is -2.79. The Balaban J connectivity index is 3.04. The third-order valence-electron chi connectivity index (χ3n) is 2.15. The van der Waals surface area contributed by atoms with E-state index in [4.69, 9.17) is 0 Å². The van der Waals surface area contributed by atoms with E-state index in [0.717, 1.165) is 5.56 Å². The molecule has 0 unspecified atom stereocenters. The zero-order valence-electron chi connectivity index (χ0n) is 12.7. The molecule has 0 aliphatic rings. The standard InChI is InChI=1S/C16H22OSi2/c1-18(2,3)11-9-14-7-8-15(16(17)13-14)10-12-19(4,5)6/h7-8,13,17H,1-6H3. The summed E-state index contributed by atoms with van der Waals surface area (Å²) in [6.45, 7) is 13.2. The van der Waals surface area contributed by atoms with Gasteiger partial charge in [0.1, 0.15) is 21.9 Å². The smallest absolute Gasteiger partial charge is 0.132 e. The van der Waals surface area contributed by atoms with Crippen LogP contribution in [0.15, 0.2) is 18.2 Å². The van der Waals surface area contributed by atoms with Crippen molar-refractivity contribution < 1.29 is 5.11 Å². The van der Waals surface area contributed by atoms with Crippen LogP contribution < -0.4 is 0 Å². The van der Waals surface area contributed by atoms with Gasteiger partial charge in [-0.2, -0.15) is 0 Å². The van der Waals surface area contributed by atoms with Gasteiger partial charge in [0.25, 0.3) is 0 Å². The third kappa shape index (κ3) is 6.33. The Morgan fingerprint density at radius 3 is 1.84 bits per heavy atom. The van der Waals surface area contributed by atoms with Crippen molar-refractivity contribution in [2.24, 2.45) is 0 Å². The molecule has 1 rings (SSSR count). The minimum absolute atomic E-state index is 0.230. The van der Waals surface area contributed by atoms with Crippen molar-refractivity contribution in [2.75, 3.05) is 0 Å². The number of aromatic hydroxyl groups is 1. The van der Waals surface area contributed by atoms with Crippen LogP contribution >= 0.6 is 0 Å². The Hall–Kier alpha value is -1.43. The fourth-order valence-corrected chi connectivity index (χ4v) is 2.26. The average Bonchev–Trinajstić information content (AvgIpc) is 2.22. The van der Waals surface area contributed by atoms with Gasteiger partial charge in [-0.15, -0.1) is 11.1 Å². The maximum atomic E-state index is 9.97. The predicted octanol–water partition coefficient (Wildman–Crippen LogP) is 3.85. The molecular weight excluding hydrogens is 264 g/mol. The summed E-state index contributed by atoms with van der Waals surface area (Å²) in [5.41, 5.74) is 8.10. The van der Waals surface area contributed by atoms with Crippen molar-refractivity contribution in [3.05, 3.63) is 29.3 Å². The van der Waals surface area contributed by atoms with Crippen molar-refractivity contribution >= 4 is 16.1 Å². The molecule has 1 nitrogen and oxygen atoms in total. The van der Waals surface area contributed by atoms with E-state index in [0.29, 0.717) is 5.56 Å². The molecule has 1 aromatic carbocycles. The molecule has 1 aromatic rings. The van der Waals surface area contributed by atoms with Gasteiger partial charge in [0, 0.05) is 5.56 Å². The minimum Gasteiger partial charge on any atom is -0.507 e. The van der Waals surface area contributed by atoms with Crippen LogP contribution in [0.5, 0.6) is 5.75 Å². The van der Waals surface area contributed by atoms with Gasteiger partial charge in [0.2, 0.25) is 0 Å². The van der Waals surface area contributed by atoms with Gasteiger partial charge >= 0.3 is 0 Å².